The predicted octanol–water partition coefficient (Wildman–Crippen LogP) is -0.876. The molecule has 5 N–H and O–H groups in total. The summed E-state index contributed by atoms with van der Waals surface area (Å²) >= 11 is 0. The number of hydrogen-bond acceptors (Lipinski definition) is 16. The van der Waals surface area contributed by atoms with Gasteiger partial charge < -0.3 is 59.8 Å². The largest absolute Gasteiger partial charge is 0.458 e. The van der Waals surface area contributed by atoms with Crippen LogP contribution < -0.4 is 16.0 Å². The summed E-state index contributed by atoms with van der Waals surface area (Å²) in [5, 5.41) is 29.1. The fourth-order valence-electron chi connectivity index (χ4n) is 6.81. The van der Waals surface area contributed by atoms with E-state index in [0.717, 1.165) is 37.6 Å². The smallest absolute Gasteiger partial charge is 0.350 e. The van der Waals surface area contributed by atoms with Crippen LogP contribution in [0, 0.1) is 11.8 Å². The molecule has 372 valence electrons. The number of hydrogen-bond donors (Lipinski definition) is 5. The maximum absolute atomic E-state index is 14.7. The van der Waals surface area contributed by atoms with E-state index in [9.17, 15) is 58.2 Å². The number of amides is 6. The summed E-state index contributed by atoms with van der Waals surface area (Å²) < 4.78 is 22.2. The zero-order chi connectivity index (χ0) is 51.4. The zero-order valence-electron chi connectivity index (χ0n) is 40.3. The van der Waals surface area contributed by atoms with Crippen molar-refractivity contribution in [2.45, 2.75) is 142 Å². The number of nitrogens with zero attached hydrogens (tertiary/aromatic N) is 3. The van der Waals surface area contributed by atoms with Crippen molar-refractivity contribution in [1.82, 2.24) is 30.7 Å². The average Bonchev–Trinajstić information content (AvgIpc) is 3.25. The van der Waals surface area contributed by atoms with E-state index in [1.807, 2.05) is 0 Å². The number of aliphatic hydroxyl groups excluding tert-OH is 2. The van der Waals surface area contributed by atoms with E-state index in [1.165, 1.54) is 62.6 Å². The maximum atomic E-state index is 14.7. The van der Waals surface area contributed by atoms with Crippen LogP contribution in [-0.4, -0.2) is 172 Å². The van der Waals surface area contributed by atoms with Crippen LogP contribution >= 0.6 is 0 Å². The van der Waals surface area contributed by atoms with Gasteiger partial charge >= 0.3 is 23.9 Å². The Bertz CT molecular complexity index is 2010. The van der Waals surface area contributed by atoms with Crippen molar-refractivity contribution >= 4 is 59.3 Å². The highest BCUT2D eigenvalue weighted by molar-refractivity contribution is 6.01. The second-order valence-electron chi connectivity index (χ2n) is 17.1. The van der Waals surface area contributed by atoms with Gasteiger partial charge in [-0.1, -0.05) is 64.6 Å². The second kappa shape index (κ2) is 24.9. The Kier molecular flexibility index (Phi) is 21.1. The van der Waals surface area contributed by atoms with Crippen LogP contribution in [0.15, 0.2) is 42.6 Å². The third-order valence-corrected chi connectivity index (χ3v) is 11.0. The first-order valence-corrected chi connectivity index (χ1v) is 21.6. The molecular weight excluding hydrogens is 881 g/mol. The van der Waals surface area contributed by atoms with Crippen LogP contribution in [0.3, 0.4) is 0 Å². The van der Waals surface area contributed by atoms with E-state index >= 15 is 0 Å². The third-order valence-electron chi connectivity index (χ3n) is 11.0. The van der Waals surface area contributed by atoms with Crippen molar-refractivity contribution in [3.05, 3.63) is 48.2 Å². The predicted molar refractivity (Wildman–Crippen MR) is 236 cm³/mol. The van der Waals surface area contributed by atoms with Crippen molar-refractivity contribution in [3.63, 3.8) is 0 Å². The molecule has 1 aliphatic heterocycles. The lowest BCUT2D eigenvalue weighted by Gasteiger charge is -2.37. The molecule has 0 saturated carbocycles. The Morgan fingerprint density at radius 1 is 0.791 bits per heavy atom. The molecule has 0 radical (unpaired) electrons. The number of benzene rings is 1. The minimum Gasteiger partial charge on any atom is -0.458 e. The minimum absolute atomic E-state index is 0.251. The summed E-state index contributed by atoms with van der Waals surface area (Å²) in [6, 6.07) is -0.205. The van der Waals surface area contributed by atoms with Gasteiger partial charge in [-0.05, 0) is 45.1 Å². The molecule has 1 fully saturated rings. The van der Waals surface area contributed by atoms with Gasteiger partial charge in [0.05, 0.1) is 6.10 Å². The molecule has 0 aromatic heterocycles. The molecule has 6 amide bonds. The van der Waals surface area contributed by atoms with Crippen LogP contribution in [-0.2, 0) is 73.3 Å². The Labute approximate surface area is 390 Å². The van der Waals surface area contributed by atoms with Crippen molar-refractivity contribution < 1.29 is 77.1 Å². The number of ether oxygens (including phenoxy) is 4. The van der Waals surface area contributed by atoms with E-state index < -0.39 is 144 Å². The van der Waals surface area contributed by atoms with Gasteiger partial charge in [-0.25, -0.2) is 14.4 Å². The first-order chi connectivity index (χ1) is 31.0. The van der Waals surface area contributed by atoms with Crippen molar-refractivity contribution in [3.8, 4) is 0 Å². The van der Waals surface area contributed by atoms with Crippen LogP contribution in [0.4, 0.5) is 0 Å². The number of carbonyl (C=O) groups excluding carboxylic acids is 10. The molecule has 2 unspecified atom stereocenters. The Balaban J connectivity index is 2.86. The third kappa shape index (κ3) is 15.3. The standard InChI is InChI=1S/C45H66N6O16/c1-21(2)35(55)37(65-29(11)54)45(63)67-36(22(3)4)33-42(60)51(14)34(26(8)52)44(62)64-27(9)32(47-28(10)53)43(61)66-31(20-30-18-16-15-17-19-30)41(59)50(13)24(6)38(56)46-23(5)40(58)49(12)25(7)39(57)48-33/h15-19,21-23,25-27,31-37,52,55H,6,20H2,1-5,7-14H3,(H,46,56)(H,47,53)(H,48,57)/t23-,25-,26+,27+,31+,32-,33-,34?,35+,36+,37?/m0/s1. The van der Waals surface area contributed by atoms with Gasteiger partial charge in [-0.3, -0.25) is 33.6 Å². The van der Waals surface area contributed by atoms with Crippen molar-refractivity contribution in [1.29, 1.82) is 0 Å². The highest BCUT2D eigenvalue weighted by Crippen LogP contribution is 2.22. The van der Waals surface area contributed by atoms with Crippen LogP contribution in [0.1, 0.15) is 74.8 Å². The van der Waals surface area contributed by atoms with Gasteiger partial charge in [-0.2, -0.15) is 0 Å². The minimum atomic E-state index is -1.94. The molecule has 1 aromatic rings. The zero-order valence-corrected chi connectivity index (χ0v) is 40.3. The molecule has 67 heavy (non-hydrogen) atoms. The summed E-state index contributed by atoms with van der Waals surface area (Å²) in [5.41, 5.74) is 0.0166. The van der Waals surface area contributed by atoms with Gasteiger partial charge in [0.25, 0.3) is 11.8 Å². The lowest BCUT2D eigenvalue weighted by molar-refractivity contribution is -0.184. The summed E-state index contributed by atoms with van der Waals surface area (Å²) in [5.74, 6) is -12.2. The first-order valence-electron chi connectivity index (χ1n) is 21.6. The van der Waals surface area contributed by atoms with Crippen molar-refractivity contribution in [2.24, 2.45) is 11.8 Å². The lowest BCUT2D eigenvalue weighted by atomic mass is 9.96. The number of aliphatic hydroxyl groups is 2. The Hall–Kier alpha value is -6.42. The molecule has 11 atom stereocenters. The molecule has 1 saturated heterocycles. The topological polar surface area (TPSA) is 294 Å². The highest BCUT2D eigenvalue weighted by Gasteiger charge is 2.46. The fraction of sp³-hybridized carbons (Fsp3) is 0.600. The number of cyclic esters (lactones) is 2. The first kappa shape index (κ1) is 56.7. The molecule has 22 heteroatoms. The molecule has 1 aromatic carbocycles. The van der Waals surface area contributed by atoms with Gasteiger partial charge in [0.1, 0.15) is 42.1 Å². The SMILES string of the molecule is C=C1C(=O)N[C@@H](C)C(=O)N(C)[C@@H](C)C(=O)N[C@@H]([C@H](OC(=O)C(OC(C)=O)[C@H](O)C(C)C)C(C)C)C(=O)N(C)C([C@@H](C)O)C(=O)O[C@H](C)[C@H](NC(C)=O)C(=O)O[C@H](Cc2ccccc2)C(=O)N1C. The van der Waals surface area contributed by atoms with Crippen molar-refractivity contribution in [2.75, 3.05) is 21.1 Å². The summed E-state index contributed by atoms with van der Waals surface area (Å²) in [7, 11) is 3.44. The van der Waals surface area contributed by atoms with E-state index in [-0.39, 0.29) is 6.42 Å². The summed E-state index contributed by atoms with van der Waals surface area (Å²) in [4.78, 5) is 139. The molecule has 2 rings (SSSR count). The van der Waals surface area contributed by atoms with E-state index in [1.54, 1.807) is 30.3 Å². The van der Waals surface area contributed by atoms with E-state index in [0.29, 0.717) is 10.5 Å². The number of likely N-dealkylation sites (N-methyl/N-ethyl adjacent to an activating group) is 3. The second-order valence-corrected chi connectivity index (χ2v) is 17.1. The Morgan fingerprint density at radius 2 is 1.37 bits per heavy atom. The summed E-state index contributed by atoms with van der Waals surface area (Å²) in [6.45, 7) is 16.7. The quantitative estimate of drug-likeness (QED) is 0.102. The molecule has 1 heterocycles. The maximum Gasteiger partial charge on any atom is 0.350 e. The lowest BCUT2D eigenvalue weighted by Crippen LogP contribution is -2.63. The van der Waals surface area contributed by atoms with Gasteiger partial charge in [0.15, 0.2) is 18.2 Å². The molecule has 0 bridgehead atoms. The van der Waals surface area contributed by atoms with E-state index in [4.69, 9.17) is 18.9 Å². The number of esters is 4. The molecule has 0 spiro atoms. The molecule has 1 aliphatic rings. The van der Waals surface area contributed by atoms with Crippen LogP contribution in [0.5, 0.6) is 0 Å². The Morgan fingerprint density at radius 3 is 1.88 bits per heavy atom. The number of carbonyl (C=O) groups is 10. The van der Waals surface area contributed by atoms with Gasteiger partial charge in [0.2, 0.25) is 29.7 Å². The molecular formula is C45H66N6O16. The highest BCUT2D eigenvalue weighted by atomic mass is 16.6. The van der Waals surface area contributed by atoms with E-state index in [2.05, 4.69) is 22.5 Å². The van der Waals surface area contributed by atoms with Gasteiger partial charge in [-0.15, -0.1) is 0 Å². The monoisotopic (exact) mass is 946 g/mol. The van der Waals surface area contributed by atoms with Gasteiger partial charge in [0, 0.05) is 41.4 Å². The van der Waals surface area contributed by atoms with Crippen LogP contribution in [0.25, 0.3) is 0 Å². The molecule has 0 aliphatic carbocycles. The number of rotatable bonds is 11. The van der Waals surface area contributed by atoms with Crippen LogP contribution in [0.2, 0.25) is 0 Å². The average molecular weight is 947 g/mol. The normalized spacial score (nSPS) is 25.4. The number of nitrogens with one attached hydrogen (secondary N) is 3. The molecule has 22 nitrogen and oxygen atoms in total. The summed E-state index contributed by atoms with van der Waals surface area (Å²) in [6.07, 6.45) is -10.5. The fourth-order valence-corrected chi connectivity index (χ4v) is 6.81.